The van der Waals surface area contributed by atoms with Crippen molar-refractivity contribution >= 4 is 40.9 Å². The van der Waals surface area contributed by atoms with Gasteiger partial charge < -0.3 is 9.47 Å². The average molecular weight is 367 g/mol. The summed E-state index contributed by atoms with van der Waals surface area (Å²) in [7, 11) is 3.77. The quantitative estimate of drug-likeness (QED) is 0.419. The molecule has 1 aromatic carbocycles. The van der Waals surface area contributed by atoms with Gasteiger partial charge in [0.2, 0.25) is 0 Å². The molecule has 23 heavy (non-hydrogen) atoms. The number of hydrogen-bond donors (Lipinski definition) is 0. The first kappa shape index (κ1) is 17.9. The van der Waals surface area contributed by atoms with Gasteiger partial charge in [-0.05, 0) is 43.3 Å². The second-order valence-electron chi connectivity index (χ2n) is 5.45. The SMILES string of the molecule is Cc1c(C(=O)/C=C/N(C)C)sc(=S)n1CCc1ccc(Cl)cc1. The summed E-state index contributed by atoms with van der Waals surface area (Å²) in [5.41, 5.74) is 2.13. The fourth-order valence-electron chi connectivity index (χ4n) is 2.15. The third-order valence-corrected chi connectivity index (χ3v) is 5.25. The number of ketones is 1. The van der Waals surface area contributed by atoms with Crippen LogP contribution >= 0.6 is 35.2 Å². The normalized spacial score (nSPS) is 11.1. The van der Waals surface area contributed by atoms with Crippen LogP contribution in [-0.4, -0.2) is 29.3 Å². The van der Waals surface area contributed by atoms with E-state index in [0.29, 0.717) is 4.88 Å². The topological polar surface area (TPSA) is 25.2 Å². The van der Waals surface area contributed by atoms with Gasteiger partial charge in [0.25, 0.3) is 0 Å². The fraction of sp³-hybridized carbons (Fsp3) is 0.294. The summed E-state index contributed by atoms with van der Waals surface area (Å²) in [4.78, 5) is 14.8. The minimum Gasteiger partial charge on any atom is -0.383 e. The van der Waals surface area contributed by atoms with Crippen molar-refractivity contribution in [1.82, 2.24) is 9.47 Å². The van der Waals surface area contributed by atoms with Crippen LogP contribution in [0, 0.1) is 10.9 Å². The van der Waals surface area contributed by atoms with Crippen molar-refractivity contribution in [2.24, 2.45) is 0 Å². The zero-order chi connectivity index (χ0) is 17.0. The lowest BCUT2D eigenvalue weighted by Crippen LogP contribution is -2.06. The summed E-state index contributed by atoms with van der Waals surface area (Å²) < 4.78 is 2.77. The van der Waals surface area contributed by atoms with E-state index >= 15 is 0 Å². The molecule has 0 unspecified atom stereocenters. The molecule has 2 rings (SSSR count). The van der Waals surface area contributed by atoms with Crippen LogP contribution in [0.5, 0.6) is 0 Å². The predicted molar refractivity (Wildman–Crippen MR) is 100 cm³/mol. The van der Waals surface area contributed by atoms with E-state index in [2.05, 4.69) is 0 Å². The van der Waals surface area contributed by atoms with Gasteiger partial charge in [-0.1, -0.05) is 23.7 Å². The molecular weight excluding hydrogens is 348 g/mol. The zero-order valence-corrected chi connectivity index (χ0v) is 15.8. The highest BCUT2D eigenvalue weighted by Gasteiger charge is 2.14. The Balaban J connectivity index is 2.16. The van der Waals surface area contributed by atoms with Crippen LogP contribution in [0.1, 0.15) is 20.9 Å². The summed E-state index contributed by atoms with van der Waals surface area (Å²) in [6.07, 6.45) is 4.18. The van der Waals surface area contributed by atoms with E-state index in [1.54, 1.807) is 12.3 Å². The molecule has 122 valence electrons. The summed E-state index contributed by atoms with van der Waals surface area (Å²) in [5.74, 6) is -0.00228. The molecule has 2 aromatic rings. The molecule has 3 nitrogen and oxygen atoms in total. The number of aromatic nitrogens is 1. The van der Waals surface area contributed by atoms with Crippen molar-refractivity contribution in [3.8, 4) is 0 Å². The highest BCUT2D eigenvalue weighted by atomic mass is 35.5. The molecule has 6 heteroatoms. The van der Waals surface area contributed by atoms with Crippen LogP contribution in [0.15, 0.2) is 36.5 Å². The third-order valence-electron chi connectivity index (χ3n) is 3.43. The molecule has 0 bridgehead atoms. The van der Waals surface area contributed by atoms with Gasteiger partial charge in [-0.25, -0.2) is 0 Å². The maximum atomic E-state index is 12.3. The second kappa shape index (κ2) is 7.90. The van der Waals surface area contributed by atoms with Gasteiger partial charge in [-0.3, -0.25) is 4.79 Å². The number of carbonyl (C=O) groups excluding carboxylic acids is 1. The average Bonchev–Trinajstić information content (AvgIpc) is 2.79. The van der Waals surface area contributed by atoms with Crippen LogP contribution < -0.4 is 0 Å². The largest absolute Gasteiger partial charge is 0.383 e. The summed E-state index contributed by atoms with van der Waals surface area (Å²) >= 11 is 12.7. The standard InChI is InChI=1S/C17H19ClN2OS2/c1-12-16(15(21)9-10-19(2)3)23-17(22)20(12)11-8-13-4-6-14(18)7-5-13/h4-7,9-10H,8,11H2,1-3H3/b10-9+. The molecule has 0 spiro atoms. The van der Waals surface area contributed by atoms with Gasteiger partial charge in [-0.2, -0.15) is 0 Å². The highest BCUT2D eigenvalue weighted by Crippen LogP contribution is 2.21. The van der Waals surface area contributed by atoms with Crippen molar-refractivity contribution < 1.29 is 4.79 Å². The molecule has 1 aromatic heterocycles. The van der Waals surface area contributed by atoms with Gasteiger partial charge in [0, 0.05) is 43.6 Å². The Hall–Kier alpha value is -1.43. The molecule has 0 saturated heterocycles. The fourth-order valence-corrected chi connectivity index (χ4v) is 3.69. The van der Waals surface area contributed by atoms with E-state index in [9.17, 15) is 4.79 Å². The molecule has 0 aliphatic heterocycles. The Morgan fingerprint density at radius 2 is 2.00 bits per heavy atom. The summed E-state index contributed by atoms with van der Waals surface area (Å²) in [5, 5.41) is 0.734. The summed E-state index contributed by atoms with van der Waals surface area (Å²) in [6, 6.07) is 7.80. The number of thiazole rings is 1. The molecule has 0 saturated carbocycles. The number of carbonyl (C=O) groups is 1. The number of aryl methyl sites for hydroxylation is 1. The van der Waals surface area contributed by atoms with Gasteiger partial charge >= 0.3 is 0 Å². The zero-order valence-electron chi connectivity index (χ0n) is 13.4. The Kier molecular flexibility index (Phi) is 6.16. The first-order chi connectivity index (χ1) is 10.9. The van der Waals surface area contributed by atoms with E-state index in [4.69, 9.17) is 23.8 Å². The number of rotatable bonds is 6. The van der Waals surface area contributed by atoms with E-state index in [0.717, 1.165) is 27.6 Å². The van der Waals surface area contributed by atoms with Crippen molar-refractivity contribution in [2.45, 2.75) is 19.9 Å². The molecule has 0 aliphatic rings. The maximum Gasteiger partial charge on any atom is 0.199 e. The van der Waals surface area contributed by atoms with E-state index in [1.807, 2.05) is 54.8 Å². The number of benzene rings is 1. The van der Waals surface area contributed by atoms with Gasteiger partial charge in [0.15, 0.2) is 9.74 Å². The first-order valence-electron chi connectivity index (χ1n) is 7.22. The molecule has 0 aliphatic carbocycles. The lowest BCUT2D eigenvalue weighted by molar-refractivity contribution is 0.104. The van der Waals surface area contributed by atoms with Gasteiger partial charge in [-0.15, -0.1) is 11.3 Å². The Morgan fingerprint density at radius 3 is 2.61 bits per heavy atom. The number of allylic oxidation sites excluding steroid dienone is 1. The Morgan fingerprint density at radius 1 is 1.35 bits per heavy atom. The van der Waals surface area contributed by atoms with Crippen molar-refractivity contribution in [2.75, 3.05) is 14.1 Å². The Bertz CT molecular complexity index is 773. The molecule has 0 amide bonds. The molecule has 0 atom stereocenters. The summed E-state index contributed by atoms with van der Waals surface area (Å²) in [6.45, 7) is 2.71. The van der Waals surface area contributed by atoms with Crippen molar-refractivity contribution in [3.63, 3.8) is 0 Å². The van der Waals surface area contributed by atoms with E-state index < -0.39 is 0 Å². The predicted octanol–water partition coefficient (Wildman–Crippen LogP) is 4.74. The number of hydrogen-bond acceptors (Lipinski definition) is 4. The second-order valence-corrected chi connectivity index (χ2v) is 7.53. The van der Waals surface area contributed by atoms with Crippen LogP contribution in [0.4, 0.5) is 0 Å². The van der Waals surface area contributed by atoms with E-state index in [-0.39, 0.29) is 5.78 Å². The molecule has 1 heterocycles. The lowest BCUT2D eigenvalue weighted by atomic mass is 10.1. The minimum absolute atomic E-state index is 0.00228. The van der Waals surface area contributed by atoms with Crippen LogP contribution in [0.3, 0.4) is 0 Å². The lowest BCUT2D eigenvalue weighted by Gasteiger charge is -2.07. The molecular formula is C17H19ClN2OS2. The van der Waals surface area contributed by atoms with Gasteiger partial charge in [0.1, 0.15) is 0 Å². The van der Waals surface area contributed by atoms with E-state index in [1.165, 1.54) is 16.9 Å². The van der Waals surface area contributed by atoms with Crippen LogP contribution in [0.2, 0.25) is 5.02 Å². The highest BCUT2D eigenvalue weighted by molar-refractivity contribution is 7.73. The molecule has 0 N–H and O–H groups in total. The van der Waals surface area contributed by atoms with Crippen LogP contribution in [0.25, 0.3) is 0 Å². The third kappa shape index (κ3) is 4.77. The minimum atomic E-state index is -0.00228. The van der Waals surface area contributed by atoms with Crippen LogP contribution in [-0.2, 0) is 13.0 Å². The van der Waals surface area contributed by atoms with Crippen molar-refractivity contribution in [3.05, 3.63) is 61.7 Å². The number of halogens is 1. The van der Waals surface area contributed by atoms with Gasteiger partial charge in [0.05, 0.1) is 4.88 Å². The Labute approximate surface area is 150 Å². The number of nitrogens with zero attached hydrogens (tertiary/aromatic N) is 2. The molecule has 0 radical (unpaired) electrons. The first-order valence-corrected chi connectivity index (χ1v) is 8.82. The monoisotopic (exact) mass is 366 g/mol. The smallest absolute Gasteiger partial charge is 0.199 e. The molecule has 0 fully saturated rings. The maximum absolute atomic E-state index is 12.3. The van der Waals surface area contributed by atoms with Crippen molar-refractivity contribution in [1.29, 1.82) is 0 Å².